The number of halogens is 10. The summed E-state index contributed by atoms with van der Waals surface area (Å²) in [6, 6.07) is 0.136. The Balaban J connectivity index is 2.58. The average Bonchev–Trinajstić information content (AvgIpc) is 2.69. The van der Waals surface area contributed by atoms with Crippen LogP contribution in [0, 0.1) is 58.2 Å². The average molecular weight is 468 g/mol. The Bertz CT molecular complexity index is 1080. The number of hydrogen-bond donors (Lipinski definition) is 0. The van der Waals surface area contributed by atoms with Gasteiger partial charge < -0.3 is 4.74 Å². The Morgan fingerprint density at radius 3 is 1.29 bits per heavy atom. The van der Waals surface area contributed by atoms with Crippen molar-refractivity contribution >= 4 is 27.4 Å². The van der Waals surface area contributed by atoms with Crippen LogP contribution in [0.3, 0.4) is 0 Å². The summed E-state index contributed by atoms with van der Waals surface area (Å²) < 4.78 is 142. The van der Waals surface area contributed by atoms with Crippen LogP contribution in [0.2, 0.25) is 0 Å². The zero-order valence-electron chi connectivity index (χ0n) is 15.1. The molecule has 1 nitrogen and oxygen atoms in total. The summed E-state index contributed by atoms with van der Waals surface area (Å²) in [6.45, 7) is 0. The van der Waals surface area contributed by atoms with Crippen LogP contribution in [-0.2, 0) is 0 Å². The highest BCUT2D eigenvalue weighted by Gasteiger charge is 2.42. The van der Waals surface area contributed by atoms with Gasteiger partial charge in [0, 0.05) is 18.2 Å². The number of methoxy groups -OCH3 is 1. The maximum Gasteiger partial charge on any atom is 0.409 e. The third kappa shape index (κ3) is 3.86. The topological polar surface area (TPSA) is 9.23 Å². The molecule has 0 aliphatic heterocycles. The molecule has 31 heavy (non-hydrogen) atoms. The van der Waals surface area contributed by atoms with E-state index < -0.39 is 91.3 Å². The van der Waals surface area contributed by atoms with Crippen molar-refractivity contribution in [3.05, 3.63) is 82.4 Å². The van der Waals surface area contributed by atoms with Crippen LogP contribution in [0.25, 0.3) is 0 Å². The van der Waals surface area contributed by atoms with Gasteiger partial charge >= 0.3 is 14.1 Å². The molecule has 3 aromatic carbocycles. The van der Waals surface area contributed by atoms with Gasteiger partial charge in [0.15, 0.2) is 29.1 Å². The minimum absolute atomic E-state index is 0.220. The van der Waals surface area contributed by atoms with E-state index in [1.807, 2.05) is 0 Å². The third-order valence-corrected chi connectivity index (χ3v) is 7.64. The lowest BCUT2D eigenvalue weighted by atomic mass is 10.3. The number of ether oxygens (including phenoxy) is 1. The van der Waals surface area contributed by atoms with E-state index in [0.29, 0.717) is 6.07 Å². The highest BCUT2D eigenvalue weighted by Crippen LogP contribution is 2.21. The first-order valence-corrected chi connectivity index (χ1v) is 9.91. The third-order valence-electron chi connectivity index (χ3n) is 4.42. The van der Waals surface area contributed by atoms with E-state index >= 15 is 0 Å². The van der Waals surface area contributed by atoms with Gasteiger partial charge in [-0.1, -0.05) is 4.43 Å². The van der Waals surface area contributed by atoms with Crippen LogP contribution in [0.4, 0.5) is 43.9 Å². The van der Waals surface area contributed by atoms with Crippen molar-refractivity contribution in [1.29, 1.82) is 0 Å². The summed E-state index contributed by atoms with van der Waals surface area (Å²) in [4.78, 5) is 0. The lowest BCUT2D eigenvalue weighted by Gasteiger charge is -2.20. The fourth-order valence-electron chi connectivity index (χ4n) is 3.16. The summed E-state index contributed by atoms with van der Waals surface area (Å²) >= 11 is -4.76. The van der Waals surface area contributed by atoms with Crippen molar-refractivity contribution in [1.82, 2.24) is 0 Å². The quantitative estimate of drug-likeness (QED) is 0.323. The highest BCUT2D eigenvalue weighted by molar-refractivity contribution is 6.96. The second kappa shape index (κ2) is 8.44. The second-order valence-corrected chi connectivity index (χ2v) is 8.85. The van der Waals surface area contributed by atoms with E-state index in [1.165, 1.54) is 0 Å². The molecule has 0 heterocycles. The smallest absolute Gasteiger partial charge is 0.409 e. The van der Waals surface area contributed by atoms with Gasteiger partial charge in [0.1, 0.15) is 34.8 Å². The lowest BCUT2D eigenvalue weighted by molar-refractivity contribution is 0.387. The summed E-state index contributed by atoms with van der Waals surface area (Å²) in [5.74, 6) is -20.6. The van der Waals surface area contributed by atoms with Crippen LogP contribution in [0.5, 0.6) is 5.75 Å². The van der Waals surface area contributed by atoms with Crippen molar-refractivity contribution < 1.29 is 48.6 Å². The highest BCUT2D eigenvalue weighted by atomic mass is 27.2. The van der Waals surface area contributed by atoms with Gasteiger partial charge in [0.2, 0.25) is 0 Å². The zero-order valence-corrected chi connectivity index (χ0v) is 16.2. The zero-order chi connectivity index (χ0) is 23.2. The van der Waals surface area contributed by atoms with Crippen molar-refractivity contribution in [3.8, 4) is 5.75 Å². The van der Waals surface area contributed by atoms with Crippen LogP contribution in [-0.4, -0.2) is 21.3 Å². The molecule has 0 amide bonds. The van der Waals surface area contributed by atoms with Gasteiger partial charge in [-0.3, -0.25) is 0 Å². The lowest BCUT2D eigenvalue weighted by Crippen LogP contribution is -2.58. The molecule has 0 radical (unpaired) electrons. The molecule has 0 unspecified atom stereocenters. The Morgan fingerprint density at radius 2 is 0.935 bits per heavy atom. The van der Waals surface area contributed by atoms with E-state index in [0.717, 1.165) is 7.11 Å². The van der Waals surface area contributed by atoms with Crippen molar-refractivity contribution in [2.45, 2.75) is 0 Å². The number of hydrogen-bond acceptors (Lipinski definition) is 1. The van der Waals surface area contributed by atoms with Crippen LogP contribution < -0.4 is 18.0 Å². The van der Waals surface area contributed by atoms with Crippen molar-refractivity contribution in [2.24, 2.45) is 0 Å². The van der Waals surface area contributed by atoms with Crippen LogP contribution in [0.15, 0.2) is 24.3 Å². The molecule has 3 aromatic rings. The largest absolute Gasteiger partial charge is 0.495 e. The number of rotatable bonds is 4. The molecule has 0 spiro atoms. The predicted octanol–water partition coefficient (Wildman–Crippen LogP) is 3.60. The molecule has 0 saturated carbocycles. The minimum atomic E-state index is -4.76. The van der Waals surface area contributed by atoms with E-state index in [1.54, 1.807) is 0 Å². The second-order valence-electron chi connectivity index (χ2n) is 6.21. The maximum absolute atomic E-state index is 14.6. The fourth-order valence-corrected chi connectivity index (χ4v) is 6.48. The van der Waals surface area contributed by atoms with Gasteiger partial charge in [-0.05, 0) is 14.9 Å². The Kier molecular flexibility index (Phi) is 6.25. The van der Waals surface area contributed by atoms with Gasteiger partial charge in [-0.2, -0.15) is 0 Å². The standard InChI is InChI=1S/C7H5F2O.2C6HF4.Al/c1-10-7-3-2-5(8)4-6(7)9;2*7-3-1-4(8)6(10)2-5(3)9;/h2,4H,1H3;2*1H;. The Hall–Kier alpha value is -2.71. The molecule has 162 valence electrons. The fraction of sp³-hybridized carbons (Fsp3) is 0.0526. The minimum Gasteiger partial charge on any atom is -0.495 e. The van der Waals surface area contributed by atoms with Gasteiger partial charge in [-0.25, -0.2) is 43.9 Å². The van der Waals surface area contributed by atoms with E-state index in [9.17, 15) is 43.9 Å². The summed E-state index contributed by atoms with van der Waals surface area (Å²) in [5, 5.41) is 0. The first kappa shape index (κ1) is 23.0. The van der Waals surface area contributed by atoms with Crippen LogP contribution in [0.1, 0.15) is 0 Å². The molecule has 3 rings (SSSR count). The maximum atomic E-state index is 14.6. The first-order valence-electron chi connectivity index (χ1n) is 8.18. The molecular formula is C19H7AlF10O. The van der Waals surface area contributed by atoms with Crippen molar-refractivity contribution in [3.63, 3.8) is 0 Å². The monoisotopic (exact) mass is 468 g/mol. The van der Waals surface area contributed by atoms with E-state index in [-0.39, 0.29) is 18.2 Å². The summed E-state index contributed by atoms with van der Waals surface area (Å²) in [7, 11) is 0.795. The van der Waals surface area contributed by atoms with Crippen LogP contribution >= 0.6 is 0 Å². The van der Waals surface area contributed by atoms with Gasteiger partial charge in [0.05, 0.1) is 7.11 Å². The van der Waals surface area contributed by atoms with Gasteiger partial charge in [-0.15, -0.1) is 0 Å². The summed E-state index contributed by atoms with van der Waals surface area (Å²) in [5.41, 5.74) is 0. The molecule has 0 aliphatic rings. The predicted molar refractivity (Wildman–Crippen MR) is 90.1 cm³/mol. The molecule has 0 aliphatic carbocycles. The molecule has 0 bridgehead atoms. The van der Waals surface area contributed by atoms with Gasteiger partial charge in [0.25, 0.3) is 0 Å². The molecule has 0 fully saturated rings. The van der Waals surface area contributed by atoms with E-state index in [2.05, 4.69) is 4.74 Å². The van der Waals surface area contributed by atoms with Crippen molar-refractivity contribution in [2.75, 3.05) is 7.11 Å². The Labute approximate surface area is 171 Å². The van der Waals surface area contributed by atoms with E-state index in [4.69, 9.17) is 0 Å². The normalized spacial score (nSPS) is 11.1. The molecule has 0 saturated heterocycles. The SMILES string of the molecule is COc1c(F)cc(F)c[c]1[Al]([c]1c(F)c(F)cc(F)c1F)[c]1c(F)c(F)cc(F)c1F. The molecule has 0 aromatic heterocycles. The molecule has 0 N–H and O–H groups in total. The first-order chi connectivity index (χ1) is 14.5. The molecular weight excluding hydrogens is 461 g/mol. The Morgan fingerprint density at radius 1 is 0.548 bits per heavy atom. The summed E-state index contributed by atoms with van der Waals surface area (Å²) in [6.07, 6.45) is 0. The number of benzene rings is 3. The molecule has 12 heteroatoms. The molecule has 0 atom stereocenters.